The van der Waals surface area contributed by atoms with Crippen LogP contribution in [0.3, 0.4) is 0 Å². The van der Waals surface area contributed by atoms with E-state index in [1.54, 1.807) is 6.07 Å². The van der Waals surface area contributed by atoms with Gasteiger partial charge in [0.25, 0.3) is 0 Å². The number of ether oxygens (including phenoxy) is 1. The second-order valence-electron chi connectivity index (χ2n) is 7.17. The summed E-state index contributed by atoms with van der Waals surface area (Å²) in [7, 11) is 0. The highest BCUT2D eigenvalue weighted by molar-refractivity contribution is 5.24. The molecule has 1 aromatic carbocycles. The van der Waals surface area contributed by atoms with Gasteiger partial charge in [0.1, 0.15) is 5.82 Å². The van der Waals surface area contributed by atoms with E-state index in [9.17, 15) is 4.39 Å². The van der Waals surface area contributed by atoms with Crippen LogP contribution in [0, 0.1) is 11.7 Å². The van der Waals surface area contributed by atoms with Crippen LogP contribution in [-0.2, 0) is 17.9 Å². The van der Waals surface area contributed by atoms with Gasteiger partial charge in [-0.2, -0.15) is 0 Å². The Kier molecular flexibility index (Phi) is 5.77. The normalized spacial score (nSPS) is 16.0. The maximum atomic E-state index is 13.8. The lowest BCUT2D eigenvalue weighted by Crippen LogP contribution is -2.35. The summed E-state index contributed by atoms with van der Waals surface area (Å²) in [5.41, 5.74) is 1.83. The predicted molar refractivity (Wildman–Crippen MR) is 84.6 cm³/mol. The van der Waals surface area contributed by atoms with Gasteiger partial charge >= 0.3 is 0 Å². The molecule has 0 bridgehead atoms. The molecule has 1 N–H and O–H groups in total. The Bertz CT molecular complexity index is 449. The molecule has 21 heavy (non-hydrogen) atoms. The van der Waals surface area contributed by atoms with Crippen LogP contribution in [0.15, 0.2) is 18.2 Å². The summed E-state index contributed by atoms with van der Waals surface area (Å²) in [6, 6.07) is 5.30. The molecule has 1 aromatic rings. The first-order valence-electron chi connectivity index (χ1n) is 8.04. The Morgan fingerprint density at radius 3 is 2.67 bits per heavy atom. The highest BCUT2D eigenvalue weighted by atomic mass is 19.1. The molecule has 0 unspecified atom stereocenters. The lowest BCUT2D eigenvalue weighted by Gasteiger charge is -2.24. The van der Waals surface area contributed by atoms with Crippen LogP contribution in [0.4, 0.5) is 4.39 Å². The molecule has 1 saturated carbocycles. The lowest BCUT2D eigenvalue weighted by atomic mass is 9.83. The van der Waals surface area contributed by atoms with Crippen LogP contribution in [0.2, 0.25) is 0 Å². The summed E-state index contributed by atoms with van der Waals surface area (Å²) in [6.07, 6.45) is 5.16. The fraction of sp³-hybridized carbons (Fsp3) is 0.667. The molecule has 0 amide bonds. The minimum atomic E-state index is -0.168. The van der Waals surface area contributed by atoms with Gasteiger partial charge < -0.3 is 10.1 Å². The molecular formula is C18H28FNO. The molecule has 0 saturated heterocycles. The van der Waals surface area contributed by atoms with Gasteiger partial charge in [-0.1, -0.05) is 25.3 Å². The molecule has 1 aliphatic rings. The van der Waals surface area contributed by atoms with E-state index in [0.717, 1.165) is 31.1 Å². The molecule has 0 radical (unpaired) electrons. The van der Waals surface area contributed by atoms with Crippen molar-refractivity contribution >= 4 is 0 Å². The van der Waals surface area contributed by atoms with E-state index in [4.69, 9.17) is 4.74 Å². The zero-order chi connectivity index (χ0) is 15.3. The molecule has 0 heterocycles. The first-order valence-corrected chi connectivity index (χ1v) is 8.04. The van der Waals surface area contributed by atoms with Crippen molar-refractivity contribution in [3.63, 3.8) is 0 Å². The molecule has 2 nitrogen and oxygen atoms in total. The van der Waals surface area contributed by atoms with Crippen LogP contribution in [-0.4, -0.2) is 12.1 Å². The van der Waals surface area contributed by atoms with Crippen molar-refractivity contribution < 1.29 is 9.13 Å². The molecule has 0 atom stereocenters. The second kappa shape index (κ2) is 7.37. The molecule has 0 aliphatic heterocycles. The van der Waals surface area contributed by atoms with E-state index in [1.807, 2.05) is 12.1 Å². The zero-order valence-electron chi connectivity index (χ0n) is 13.5. The average molecular weight is 293 g/mol. The monoisotopic (exact) mass is 293 g/mol. The van der Waals surface area contributed by atoms with Gasteiger partial charge in [0.05, 0.1) is 6.61 Å². The number of hydrogen-bond donors (Lipinski definition) is 1. The molecule has 1 fully saturated rings. The summed E-state index contributed by atoms with van der Waals surface area (Å²) < 4.78 is 19.5. The van der Waals surface area contributed by atoms with Gasteiger partial charge in [0, 0.05) is 24.3 Å². The molecular weight excluding hydrogens is 265 g/mol. The smallest absolute Gasteiger partial charge is 0.128 e. The Morgan fingerprint density at radius 1 is 1.29 bits per heavy atom. The van der Waals surface area contributed by atoms with E-state index in [-0.39, 0.29) is 11.4 Å². The van der Waals surface area contributed by atoms with Crippen molar-refractivity contribution in [2.75, 3.05) is 6.61 Å². The predicted octanol–water partition coefficient (Wildman–Crippen LogP) is 4.42. The lowest BCUT2D eigenvalue weighted by molar-refractivity contribution is 0.0931. The third-order valence-corrected chi connectivity index (χ3v) is 4.09. The van der Waals surface area contributed by atoms with E-state index in [2.05, 4.69) is 26.1 Å². The van der Waals surface area contributed by atoms with E-state index in [0.29, 0.717) is 12.2 Å². The second-order valence-corrected chi connectivity index (χ2v) is 7.17. The fourth-order valence-electron chi connectivity index (χ4n) is 2.43. The summed E-state index contributed by atoms with van der Waals surface area (Å²) in [4.78, 5) is 0. The average Bonchev–Trinajstić information content (AvgIpc) is 2.36. The number of halogens is 1. The molecule has 1 aliphatic carbocycles. The van der Waals surface area contributed by atoms with E-state index in [1.165, 1.54) is 19.3 Å². The Morgan fingerprint density at radius 2 is 2.05 bits per heavy atom. The van der Waals surface area contributed by atoms with E-state index < -0.39 is 0 Å². The minimum Gasteiger partial charge on any atom is -0.377 e. The van der Waals surface area contributed by atoms with Crippen LogP contribution in [0.5, 0.6) is 0 Å². The van der Waals surface area contributed by atoms with Crippen LogP contribution in [0.1, 0.15) is 57.6 Å². The first kappa shape index (κ1) is 16.4. The third-order valence-electron chi connectivity index (χ3n) is 4.09. The fourth-order valence-corrected chi connectivity index (χ4v) is 2.43. The Balaban J connectivity index is 1.80. The van der Waals surface area contributed by atoms with Gasteiger partial charge in [-0.25, -0.2) is 4.39 Å². The first-order chi connectivity index (χ1) is 9.94. The molecule has 2 rings (SSSR count). The molecule has 0 aromatic heterocycles. The maximum absolute atomic E-state index is 13.8. The molecule has 0 spiro atoms. The topological polar surface area (TPSA) is 21.3 Å². The summed E-state index contributed by atoms with van der Waals surface area (Å²) in [5, 5.41) is 3.42. The highest BCUT2D eigenvalue weighted by Gasteiger charge is 2.16. The van der Waals surface area contributed by atoms with Crippen molar-refractivity contribution in [2.24, 2.45) is 5.92 Å². The minimum absolute atomic E-state index is 0.0633. The largest absolute Gasteiger partial charge is 0.377 e. The number of nitrogens with one attached hydrogen (secondary N) is 1. The van der Waals surface area contributed by atoms with Crippen molar-refractivity contribution in [3.8, 4) is 0 Å². The van der Waals surface area contributed by atoms with Gasteiger partial charge in [-0.3, -0.25) is 0 Å². The van der Waals surface area contributed by atoms with Gasteiger partial charge in [0.15, 0.2) is 0 Å². The van der Waals surface area contributed by atoms with Crippen molar-refractivity contribution in [2.45, 2.75) is 65.1 Å². The summed E-state index contributed by atoms with van der Waals surface area (Å²) in [6.45, 7) is 8.25. The summed E-state index contributed by atoms with van der Waals surface area (Å²) >= 11 is 0. The van der Waals surface area contributed by atoms with Crippen molar-refractivity contribution in [1.29, 1.82) is 0 Å². The van der Waals surface area contributed by atoms with Gasteiger partial charge in [-0.05, 0) is 50.8 Å². The van der Waals surface area contributed by atoms with Crippen LogP contribution >= 0.6 is 0 Å². The SMILES string of the molecule is CC(C)(C)NCc1ccc(F)c(COCCC2CCC2)c1. The van der Waals surface area contributed by atoms with Crippen molar-refractivity contribution in [3.05, 3.63) is 35.1 Å². The summed E-state index contributed by atoms with van der Waals surface area (Å²) in [5.74, 6) is 0.676. The molecule has 118 valence electrons. The van der Waals surface area contributed by atoms with Crippen molar-refractivity contribution in [1.82, 2.24) is 5.32 Å². The highest BCUT2D eigenvalue weighted by Crippen LogP contribution is 2.29. The molecule has 3 heteroatoms. The van der Waals surface area contributed by atoms with E-state index >= 15 is 0 Å². The maximum Gasteiger partial charge on any atom is 0.128 e. The third kappa shape index (κ3) is 5.76. The number of benzene rings is 1. The number of hydrogen-bond acceptors (Lipinski definition) is 2. The number of rotatable bonds is 7. The van der Waals surface area contributed by atoms with Crippen LogP contribution in [0.25, 0.3) is 0 Å². The Hall–Kier alpha value is -0.930. The standard InChI is InChI=1S/C18H28FNO/c1-18(2,3)20-12-15-7-8-17(19)16(11-15)13-21-10-9-14-5-4-6-14/h7-8,11,14,20H,4-6,9-10,12-13H2,1-3H3. The van der Waals surface area contributed by atoms with Gasteiger partial charge in [-0.15, -0.1) is 0 Å². The Labute approximate surface area is 128 Å². The zero-order valence-corrected chi connectivity index (χ0v) is 13.5. The van der Waals surface area contributed by atoms with Crippen LogP contribution < -0.4 is 5.32 Å². The quantitative estimate of drug-likeness (QED) is 0.751. The van der Waals surface area contributed by atoms with Gasteiger partial charge in [0.2, 0.25) is 0 Å².